The molecule has 24 atom stereocenters. The predicted molar refractivity (Wildman–Crippen MR) is 204 cm³/mol. The fourth-order valence-corrected chi connectivity index (χ4v) is 13.0. The number of hydrogen-bond acceptors (Lipinski definition) is 19. The Balaban J connectivity index is 0.953. The van der Waals surface area contributed by atoms with Gasteiger partial charge in [-0.15, -0.1) is 0 Å². The summed E-state index contributed by atoms with van der Waals surface area (Å²) in [5.41, 5.74) is -0.935. The lowest BCUT2D eigenvalue weighted by Crippen LogP contribution is -2.66. The van der Waals surface area contributed by atoms with E-state index in [9.17, 15) is 55.9 Å². The average Bonchev–Trinajstić information content (AvgIpc) is 3.78. The van der Waals surface area contributed by atoms with Crippen molar-refractivity contribution in [1.82, 2.24) is 0 Å². The van der Waals surface area contributed by atoms with Gasteiger partial charge >= 0.3 is 5.97 Å². The highest BCUT2D eigenvalue weighted by Crippen LogP contribution is 2.70. The maximum atomic E-state index is 12.7. The van der Waals surface area contributed by atoms with Crippen molar-refractivity contribution in [2.45, 2.75) is 182 Å². The number of aliphatic hydroxyl groups excluding tert-OH is 9. The molecule has 24 unspecified atom stereocenters. The molecular formula is C42H66O19. The van der Waals surface area contributed by atoms with Gasteiger partial charge in [0.2, 0.25) is 0 Å². The van der Waals surface area contributed by atoms with E-state index in [2.05, 4.69) is 13.8 Å². The molecule has 4 heterocycles. The Labute approximate surface area is 354 Å². The number of aliphatic hydroxyl groups is 10. The van der Waals surface area contributed by atoms with E-state index in [0.29, 0.717) is 12.8 Å². The molecule has 4 aliphatic heterocycles. The van der Waals surface area contributed by atoms with Crippen LogP contribution >= 0.6 is 0 Å². The van der Waals surface area contributed by atoms with Gasteiger partial charge in [-0.05, 0) is 86.5 Å². The van der Waals surface area contributed by atoms with Gasteiger partial charge < -0.3 is 89.0 Å². The maximum absolute atomic E-state index is 12.7. The van der Waals surface area contributed by atoms with Crippen LogP contribution in [0.15, 0.2) is 11.6 Å². The molecule has 61 heavy (non-hydrogen) atoms. The monoisotopic (exact) mass is 874 g/mol. The van der Waals surface area contributed by atoms with Crippen LogP contribution in [0.25, 0.3) is 0 Å². The SMILES string of the molecule is COC1C(O)C(C)OC(OC2CC(O)C3(C)C(CCC4C3CCC3(C)C(C5=CC(=O)OC5)CCC43O)C2)C1OC1OC(COC2OC(CO)C(O)C(O)C2O)C(O)C(O)C1O. The predicted octanol–water partition coefficient (Wildman–Crippen LogP) is -2.27. The minimum Gasteiger partial charge on any atom is -0.458 e. The molecule has 0 bridgehead atoms. The number of carbonyl (C=O) groups excluding carboxylic acids is 1. The van der Waals surface area contributed by atoms with Crippen molar-refractivity contribution in [2.75, 3.05) is 26.9 Å². The molecule has 8 rings (SSSR count). The summed E-state index contributed by atoms with van der Waals surface area (Å²) in [6, 6.07) is 0. The van der Waals surface area contributed by atoms with E-state index in [1.807, 2.05) is 0 Å². The third kappa shape index (κ3) is 7.63. The van der Waals surface area contributed by atoms with Crippen molar-refractivity contribution in [2.24, 2.45) is 34.5 Å². The largest absolute Gasteiger partial charge is 0.458 e. The van der Waals surface area contributed by atoms with Crippen LogP contribution in [0.2, 0.25) is 0 Å². The van der Waals surface area contributed by atoms with E-state index in [0.717, 1.165) is 37.7 Å². The maximum Gasteiger partial charge on any atom is 0.331 e. The average molecular weight is 875 g/mol. The van der Waals surface area contributed by atoms with Crippen molar-refractivity contribution in [1.29, 1.82) is 0 Å². The molecule has 7 fully saturated rings. The van der Waals surface area contributed by atoms with Crippen LogP contribution < -0.4 is 0 Å². The van der Waals surface area contributed by atoms with Crippen LogP contribution in [0.1, 0.15) is 72.1 Å². The Kier molecular flexibility index (Phi) is 13.1. The van der Waals surface area contributed by atoms with Gasteiger partial charge in [0.25, 0.3) is 0 Å². The number of hydrogen-bond donors (Lipinski definition) is 10. The van der Waals surface area contributed by atoms with Crippen LogP contribution in [-0.2, 0) is 42.7 Å². The quantitative estimate of drug-likeness (QED) is 0.0818. The molecule has 0 aromatic heterocycles. The van der Waals surface area contributed by atoms with Crippen LogP contribution in [0.5, 0.6) is 0 Å². The number of carbonyl (C=O) groups is 1. The number of ether oxygens (including phenoxy) is 8. The summed E-state index contributed by atoms with van der Waals surface area (Å²) in [5.74, 6) is -0.229. The minimum atomic E-state index is -1.83. The first-order chi connectivity index (χ1) is 28.9. The van der Waals surface area contributed by atoms with Crippen LogP contribution in [0.3, 0.4) is 0 Å². The first-order valence-electron chi connectivity index (χ1n) is 21.9. The fraction of sp³-hybridized carbons (Fsp3) is 0.929. The van der Waals surface area contributed by atoms with E-state index < -0.39 is 134 Å². The summed E-state index contributed by atoms with van der Waals surface area (Å²) in [7, 11) is 1.36. The summed E-state index contributed by atoms with van der Waals surface area (Å²) in [4.78, 5) is 12.0. The molecule has 0 aromatic carbocycles. The van der Waals surface area contributed by atoms with Gasteiger partial charge in [-0.1, -0.05) is 13.8 Å². The number of rotatable bonds is 10. The standard InChI is InChI=1S/C42H66O19/c1-17-28(46)35(54-4)36(61-38-34(52)32(50)30(48)25(60-38)16-56-37-33(51)31(49)29(47)24(14-43)59-37)39(57-17)58-20-12-19-5-6-23-22(41(19,3)26(44)13-20)7-9-40(2)21(8-10-42(23,40)53)18-11-27(45)55-15-18/h11,17,19-26,28-39,43-44,46-53H,5-10,12-16H2,1-4H3. The first kappa shape index (κ1) is 46.1. The molecule has 4 saturated carbocycles. The Morgan fingerprint density at radius 3 is 2.10 bits per heavy atom. The van der Waals surface area contributed by atoms with E-state index in [1.165, 1.54) is 7.11 Å². The summed E-state index contributed by atoms with van der Waals surface area (Å²) in [6.45, 7) is 4.94. The lowest BCUT2D eigenvalue weighted by Gasteiger charge is -2.64. The van der Waals surface area contributed by atoms with E-state index in [-0.39, 0.29) is 42.7 Å². The summed E-state index contributed by atoms with van der Waals surface area (Å²) < 4.78 is 46.9. The van der Waals surface area contributed by atoms with Crippen molar-refractivity contribution < 1.29 is 93.8 Å². The fourth-order valence-electron chi connectivity index (χ4n) is 13.0. The van der Waals surface area contributed by atoms with Crippen molar-refractivity contribution in [3.63, 3.8) is 0 Å². The highest BCUT2D eigenvalue weighted by atomic mass is 16.8. The summed E-state index contributed by atoms with van der Waals surface area (Å²) in [5, 5.41) is 109. The normalized spacial score (nSPS) is 55.0. The minimum absolute atomic E-state index is 0.0324. The second-order valence-electron chi connectivity index (χ2n) is 19.4. The second-order valence-corrected chi connectivity index (χ2v) is 19.4. The molecular weight excluding hydrogens is 808 g/mol. The molecule has 0 aromatic rings. The lowest BCUT2D eigenvalue weighted by atomic mass is 9.42. The molecule has 4 aliphatic carbocycles. The Bertz CT molecular complexity index is 1600. The highest BCUT2D eigenvalue weighted by molar-refractivity contribution is 5.85. The molecule has 0 spiro atoms. The van der Waals surface area contributed by atoms with E-state index in [4.69, 9.17) is 37.9 Å². The van der Waals surface area contributed by atoms with Gasteiger partial charge in [0, 0.05) is 25.0 Å². The zero-order chi connectivity index (χ0) is 43.9. The van der Waals surface area contributed by atoms with Gasteiger partial charge in [-0.2, -0.15) is 0 Å². The van der Waals surface area contributed by atoms with Crippen LogP contribution in [0, 0.1) is 34.5 Å². The molecule has 3 saturated heterocycles. The molecule has 19 heteroatoms. The molecule has 0 radical (unpaired) electrons. The topological polar surface area (TPSA) is 293 Å². The third-order valence-corrected chi connectivity index (χ3v) is 16.6. The summed E-state index contributed by atoms with van der Waals surface area (Å²) in [6.07, 6.45) is -16.5. The van der Waals surface area contributed by atoms with Crippen molar-refractivity contribution >= 4 is 5.97 Å². The van der Waals surface area contributed by atoms with Gasteiger partial charge in [0.15, 0.2) is 18.9 Å². The molecule has 10 N–H and O–H groups in total. The number of cyclic esters (lactones) is 1. The van der Waals surface area contributed by atoms with Gasteiger partial charge in [-0.3, -0.25) is 0 Å². The number of methoxy groups -OCH3 is 1. The summed E-state index contributed by atoms with van der Waals surface area (Å²) >= 11 is 0. The smallest absolute Gasteiger partial charge is 0.331 e. The zero-order valence-electron chi connectivity index (χ0n) is 35.1. The number of fused-ring (bicyclic) bond motifs is 5. The second kappa shape index (κ2) is 17.4. The van der Waals surface area contributed by atoms with Crippen LogP contribution in [-0.4, -0.2) is 194 Å². The van der Waals surface area contributed by atoms with Gasteiger partial charge in [0.1, 0.15) is 73.8 Å². The van der Waals surface area contributed by atoms with Crippen LogP contribution in [0.4, 0.5) is 0 Å². The van der Waals surface area contributed by atoms with Crippen molar-refractivity contribution in [3.8, 4) is 0 Å². The third-order valence-electron chi connectivity index (χ3n) is 16.6. The van der Waals surface area contributed by atoms with Crippen molar-refractivity contribution in [3.05, 3.63) is 11.6 Å². The molecule has 8 aliphatic rings. The van der Waals surface area contributed by atoms with Gasteiger partial charge in [0.05, 0.1) is 37.1 Å². The highest BCUT2D eigenvalue weighted by Gasteiger charge is 2.69. The Hall–Kier alpha value is -1.47. The molecule has 348 valence electrons. The van der Waals surface area contributed by atoms with Gasteiger partial charge in [-0.25, -0.2) is 4.79 Å². The number of esters is 1. The Morgan fingerprint density at radius 2 is 1.43 bits per heavy atom. The Morgan fingerprint density at radius 1 is 0.738 bits per heavy atom. The molecule has 19 nitrogen and oxygen atoms in total. The van der Waals surface area contributed by atoms with E-state index >= 15 is 0 Å². The molecule has 0 amide bonds. The first-order valence-corrected chi connectivity index (χ1v) is 21.9. The zero-order valence-corrected chi connectivity index (χ0v) is 35.1. The lowest BCUT2D eigenvalue weighted by molar-refractivity contribution is -0.377. The van der Waals surface area contributed by atoms with E-state index in [1.54, 1.807) is 13.0 Å².